The zero-order chi connectivity index (χ0) is 22.9. The van der Waals surface area contributed by atoms with E-state index in [0.29, 0.717) is 13.0 Å². The van der Waals surface area contributed by atoms with Gasteiger partial charge >= 0.3 is 11.9 Å². The third-order valence-corrected chi connectivity index (χ3v) is 4.64. The minimum Gasteiger partial charge on any atom is -0.507 e. The Hall–Kier alpha value is -4.00. The molecule has 7 heteroatoms. The standard InChI is InChI=1S/C25H24O7/c1-29-24(27)21-15-20(16-22(26)23(21)25(28)30-2)31-13-7-9-17-8-6-12-19(14-17)32-18-10-4-3-5-11-18/h3-6,8,10-12,14-16,26H,7,9,13H2,1-2H3. The van der Waals surface area contributed by atoms with Crippen molar-refractivity contribution in [2.24, 2.45) is 0 Å². The summed E-state index contributed by atoms with van der Waals surface area (Å²) in [6.07, 6.45) is 1.42. The van der Waals surface area contributed by atoms with E-state index < -0.39 is 17.7 Å². The number of aromatic hydroxyl groups is 1. The molecule has 0 atom stereocenters. The Morgan fingerprint density at radius 2 is 1.53 bits per heavy atom. The highest BCUT2D eigenvalue weighted by Gasteiger charge is 2.24. The maximum atomic E-state index is 12.0. The van der Waals surface area contributed by atoms with Crippen molar-refractivity contribution in [3.8, 4) is 23.0 Å². The highest BCUT2D eigenvalue weighted by molar-refractivity contribution is 6.05. The van der Waals surface area contributed by atoms with E-state index in [-0.39, 0.29) is 16.9 Å². The van der Waals surface area contributed by atoms with Crippen LogP contribution in [0.25, 0.3) is 0 Å². The van der Waals surface area contributed by atoms with E-state index in [1.54, 1.807) is 0 Å². The average molecular weight is 436 g/mol. The Kier molecular flexibility index (Phi) is 7.70. The van der Waals surface area contributed by atoms with Gasteiger partial charge in [-0.3, -0.25) is 0 Å². The zero-order valence-electron chi connectivity index (χ0n) is 17.9. The third kappa shape index (κ3) is 5.78. The summed E-state index contributed by atoms with van der Waals surface area (Å²) in [5.74, 6) is -0.268. The van der Waals surface area contributed by atoms with Crippen LogP contribution in [0.5, 0.6) is 23.0 Å². The molecule has 166 valence electrons. The number of esters is 2. The van der Waals surface area contributed by atoms with Gasteiger partial charge in [-0.25, -0.2) is 9.59 Å². The number of para-hydroxylation sites is 1. The van der Waals surface area contributed by atoms with Gasteiger partial charge in [0.05, 0.1) is 26.4 Å². The summed E-state index contributed by atoms with van der Waals surface area (Å²) in [7, 11) is 2.34. The van der Waals surface area contributed by atoms with Gasteiger partial charge in [0.25, 0.3) is 0 Å². The summed E-state index contributed by atoms with van der Waals surface area (Å²) in [5, 5.41) is 10.2. The van der Waals surface area contributed by atoms with Crippen LogP contribution in [-0.4, -0.2) is 37.9 Å². The van der Waals surface area contributed by atoms with Gasteiger partial charge in [-0.2, -0.15) is 0 Å². The number of phenolic OH excluding ortho intramolecular Hbond substituents is 1. The van der Waals surface area contributed by atoms with Crippen molar-refractivity contribution in [3.63, 3.8) is 0 Å². The molecule has 7 nitrogen and oxygen atoms in total. The van der Waals surface area contributed by atoms with Crippen molar-refractivity contribution < 1.29 is 33.6 Å². The Bertz CT molecular complexity index is 1080. The lowest BCUT2D eigenvalue weighted by atomic mass is 10.1. The molecule has 0 heterocycles. The number of aryl methyl sites for hydroxylation is 1. The molecule has 0 unspecified atom stereocenters. The van der Waals surface area contributed by atoms with Crippen LogP contribution in [0.3, 0.4) is 0 Å². The van der Waals surface area contributed by atoms with Gasteiger partial charge in [-0.15, -0.1) is 0 Å². The van der Waals surface area contributed by atoms with E-state index in [1.807, 2.05) is 54.6 Å². The molecule has 0 aliphatic rings. The van der Waals surface area contributed by atoms with E-state index in [9.17, 15) is 14.7 Å². The number of ether oxygens (including phenoxy) is 4. The van der Waals surface area contributed by atoms with Crippen molar-refractivity contribution in [1.82, 2.24) is 0 Å². The van der Waals surface area contributed by atoms with Crippen molar-refractivity contribution in [2.45, 2.75) is 12.8 Å². The first-order chi connectivity index (χ1) is 15.5. The summed E-state index contributed by atoms with van der Waals surface area (Å²) >= 11 is 0. The third-order valence-electron chi connectivity index (χ3n) is 4.64. The lowest BCUT2D eigenvalue weighted by Gasteiger charge is -2.12. The number of carbonyl (C=O) groups is 2. The maximum absolute atomic E-state index is 12.0. The molecular formula is C25H24O7. The Labute approximate surface area is 186 Å². The number of hydrogen-bond acceptors (Lipinski definition) is 7. The van der Waals surface area contributed by atoms with Gasteiger partial charge in [0.1, 0.15) is 28.6 Å². The number of benzene rings is 3. The average Bonchev–Trinajstić information content (AvgIpc) is 2.81. The van der Waals surface area contributed by atoms with Gasteiger partial charge in [0, 0.05) is 6.07 Å². The Morgan fingerprint density at radius 1 is 0.812 bits per heavy atom. The van der Waals surface area contributed by atoms with Crippen LogP contribution in [-0.2, 0) is 15.9 Å². The topological polar surface area (TPSA) is 91.3 Å². The molecule has 0 radical (unpaired) electrons. The molecule has 0 fully saturated rings. The first kappa shape index (κ1) is 22.7. The van der Waals surface area contributed by atoms with Crippen LogP contribution < -0.4 is 9.47 Å². The van der Waals surface area contributed by atoms with E-state index in [1.165, 1.54) is 19.2 Å². The molecule has 0 amide bonds. The summed E-state index contributed by atoms with van der Waals surface area (Å²) < 4.78 is 20.9. The number of rotatable bonds is 9. The Morgan fingerprint density at radius 3 is 2.25 bits per heavy atom. The van der Waals surface area contributed by atoms with Crippen molar-refractivity contribution in [2.75, 3.05) is 20.8 Å². The van der Waals surface area contributed by atoms with E-state index in [2.05, 4.69) is 4.74 Å². The summed E-state index contributed by atoms with van der Waals surface area (Å²) in [5.41, 5.74) is 0.697. The van der Waals surface area contributed by atoms with E-state index in [4.69, 9.17) is 14.2 Å². The highest BCUT2D eigenvalue weighted by Crippen LogP contribution is 2.29. The summed E-state index contributed by atoms with van der Waals surface area (Å²) in [6.45, 7) is 0.335. The maximum Gasteiger partial charge on any atom is 0.342 e. The van der Waals surface area contributed by atoms with Gasteiger partial charge in [-0.05, 0) is 48.7 Å². The fourth-order valence-corrected chi connectivity index (χ4v) is 3.13. The van der Waals surface area contributed by atoms with E-state index in [0.717, 1.165) is 30.6 Å². The normalized spacial score (nSPS) is 10.3. The lowest BCUT2D eigenvalue weighted by molar-refractivity contribution is 0.0551. The lowest BCUT2D eigenvalue weighted by Crippen LogP contribution is -2.13. The quantitative estimate of drug-likeness (QED) is 0.382. The fourth-order valence-electron chi connectivity index (χ4n) is 3.13. The number of phenols is 1. The van der Waals surface area contributed by atoms with Crippen LogP contribution in [0.2, 0.25) is 0 Å². The zero-order valence-corrected chi connectivity index (χ0v) is 17.9. The molecule has 3 aromatic carbocycles. The van der Waals surface area contributed by atoms with Gasteiger partial charge in [0.15, 0.2) is 0 Å². The molecule has 0 aromatic heterocycles. The van der Waals surface area contributed by atoms with Gasteiger partial charge < -0.3 is 24.1 Å². The van der Waals surface area contributed by atoms with Crippen LogP contribution in [0.1, 0.15) is 32.7 Å². The Balaban J connectivity index is 1.61. The largest absolute Gasteiger partial charge is 0.507 e. The first-order valence-electron chi connectivity index (χ1n) is 10.00. The van der Waals surface area contributed by atoms with Crippen molar-refractivity contribution >= 4 is 11.9 Å². The molecule has 0 saturated carbocycles. The first-order valence-corrected chi connectivity index (χ1v) is 10.00. The van der Waals surface area contributed by atoms with Crippen molar-refractivity contribution in [1.29, 1.82) is 0 Å². The molecule has 0 saturated heterocycles. The van der Waals surface area contributed by atoms with Gasteiger partial charge in [-0.1, -0.05) is 30.3 Å². The van der Waals surface area contributed by atoms with Crippen molar-refractivity contribution in [3.05, 3.63) is 83.4 Å². The second-order valence-corrected chi connectivity index (χ2v) is 6.86. The highest BCUT2D eigenvalue weighted by atomic mass is 16.5. The SMILES string of the molecule is COC(=O)c1cc(OCCCc2cccc(Oc3ccccc3)c2)cc(O)c1C(=O)OC. The molecule has 0 bridgehead atoms. The molecule has 0 aliphatic heterocycles. The van der Waals surface area contributed by atoms with Crippen LogP contribution >= 0.6 is 0 Å². The van der Waals surface area contributed by atoms with Gasteiger partial charge in [0.2, 0.25) is 0 Å². The monoisotopic (exact) mass is 436 g/mol. The smallest absolute Gasteiger partial charge is 0.342 e. The number of methoxy groups -OCH3 is 2. The number of carbonyl (C=O) groups excluding carboxylic acids is 2. The minimum atomic E-state index is -0.841. The second kappa shape index (κ2) is 10.9. The fraction of sp³-hybridized carbons (Fsp3) is 0.200. The molecule has 0 aliphatic carbocycles. The molecule has 3 aromatic rings. The predicted octanol–water partition coefficient (Wildman–Crippen LogP) is 4.77. The van der Waals surface area contributed by atoms with Crippen LogP contribution in [0.4, 0.5) is 0 Å². The minimum absolute atomic E-state index is 0.125. The van der Waals surface area contributed by atoms with E-state index >= 15 is 0 Å². The predicted molar refractivity (Wildman–Crippen MR) is 118 cm³/mol. The summed E-state index contributed by atoms with van der Waals surface area (Å²) in [4.78, 5) is 23.9. The number of hydrogen-bond donors (Lipinski definition) is 1. The second-order valence-electron chi connectivity index (χ2n) is 6.86. The van der Waals surface area contributed by atoms with Crippen LogP contribution in [0.15, 0.2) is 66.7 Å². The molecule has 1 N–H and O–H groups in total. The summed E-state index contributed by atoms with van der Waals surface area (Å²) in [6, 6.07) is 20.0. The molecule has 32 heavy (non-hydrogen) atoms. The molecular weight excluding hydrogens is 412 g/mol. The van der Waals surface area contributed by atoms with Crippen LogP contribution in [0, 0.1) is 0 Å². The molecule has 0 spiro atoms. The molecule has 3 rings (SSSR count).